The summed E-state index contributed by atoms with van der Waals surface area (Å²) in [6.45, 7) is 2.10. The van der Waals surface area contributed by atoms with Crippen LogP contribution in [0.3, 0.4) is 0 Å². The lowest BCUT2D eigenvalue weighted by atomic mass is 10.1. The van der Waals surface area contributed by atoms with Crippen LogP contribution in [0.5, 0.6) is 17.2 Å². The van der Waals surface area contributed by atoms with Crippen molar-refractivity contribution in [3.05, 3.63) is 23.0 Å². The zero-order valence-electron chi connectivity index (χ0n) is 15.5. The van der Waals surface area contributed by atoms with Gasteiger partial charge in [-0.05, 0) is 18.6 Å². The highest BCUT2D eigenvalue weighted by Gasteiger charge is 2.19. The van der Waals surface area contributed by atoms with Gasteiger partial charge in [0.15, 0.2) is 22.5 Å². The highest BCUT2D eigenvalue weighted by atomic mass is 35.5. The minimum Gasteiger partial charge on any atom is -0.493 e. The topological polar surface area (TPSA) is 71.3 Å². The number of aromatic nitrogens is 4. The molecule has 0 aliphatic carbocycles. The lowest BCUT2D eigenvalue weighted by Crippen LogP contribution is -1.98. The Morgan fingerprint density at radius 3 is 2.23 bits per heavy atom. The molecule has 8 heteroatoms. The van der Waals surface area contributed by atoms with Crippen LogP contribution in [0.4, 0.5) is 0 Å². The number of benzene rings is 1. The van der Waals surface area contributed by atoms with Gasteiger partial charge in [-0.3, -0.25) is 4.68 Å². The second-order valence-corrected chi connectivity index (χ2v) is 6.13. The van der Waals surface area contributed by atoms with Gasteiger partial charge in [-0.15, -0.1) is 0 Å². The van der Waals surface area contributed by atoms with Gasteiger partial charge in [0.05, 0.1) is 27.0 Å². The van der Waals surface area contributed by atoms with Crippen LogP contribution >= 0.6 is 11.6 Å². The Labute approximate surface area is 156 Å². The maximum atomic E-state index is 6.44. The first-order valence-corrected chi connectivity index (χ1v) is 8.61. The first kappa shape index (κ1) is 18.3. The molecule has 0 aliphatic rings. The van der Waals surface area contributed by atoms with Gasteiger partial charge in [-0.25, -0.2) is 9.97 Å². The smallest absolute Gasteiger partial charge is 0.203 e. The highest BCUT2D eigenvalue weighted by Crippen LogP contribution is 2.41. The van der Waals surface area contributed by atoms with E-state index in [9.17, 15) is 0 Å². The van der Waals surface area contributed by atoms with Crippen LogP contribution in [-0.4, -0.2) is 41.1 Å². The van der Waals surface area contributed by atoms with Crippen LogP contribution in [0, 0.1) is 0 Å². The minimum absolute atomic E-state index is 0.358. The first-order valence-electron chi connectivity index (χ1n) is 8.23. The zero-order valence-corrected chi connectivity index (χ0v) is 16.2. The summed E-state index contributed by atoms with van der Waals surface area (Å²) < 4.78 is 17.9. The van der Waals surface area contributed by atoms with Crippen molar-refractivity contribution in [3.8, 4) is 28.6 Å². The van der Waals surface area contributed by atoms with Crippen molar-refractivity contribution in [3.63, 3.8) is 0 Å². The molecule has 0 N–H and O–H groups in total. The third kappa shape index (κ3) is 3.03. The van der Waals surface area contributed by atoms with Gasteiger partial charge in [-0.1, -0.05) is 24.9 Å². The molecule has 0 fully saturated rings. The Hall–Kier alpha value is -2.54. The Morgan fingerprint density at radius 1 is 1.04 bits per heavy atom. The number of aryl methyl sites for hydroxylation is 2. The van der Waals surface area contributed by atoms with Gasteiger partial charge in [0.25, 0.3) is 0 Å². The maximum Gasteiger partial charge on any atom is 0.203 e. The first-order chi connectivity index (χ1) is 12.5. The number of rotatable bonds is 6. The zero-order chi connectivity index (χ0) is 18.8. The summed E-state index contributed by atoms with van der Waals surface area (Å²) in [5, 5.41) is 4.89. The number of ether oxygens (including phenoxy) is 3. The van der Waals surface area contributed by atoms with Crippen LogP contribution in [-0.2, 0) is 13.5 Å². The van der Waals surface area contributed by atoms with E-state index < -0.39 is 0 Å². The summed E-state index contributed by atoms with van der Waals surface area (Å²) in [4.78, 5) is 9.17. The monoisotopic (exact) mass is 376 g/mol. The Balaban J connectivity index is 2.24. The van der Waals surface area contributed by atoms with E-state index in [0.29, 0.717) is 28.2 Å². The average molecular weight is 377 g/mol. The molecule has 7 nitrogen and oxygen atoms in total. The predicted molar refractivity (Wildman–Crippen MR) is 100 cm³/mol. The fourth-order valence-electron chi connectivity index (χ4n) is 2.94. The van der Waals surface area contributed by atoms with Crippen molar-refractivity contribution in [2.24, 2.45) is 7.05 Å². The SMILES string of the molecule is CCCc1nn(C)c2c(Cl)nc(-c3cc(OC)c(OC)c(OC)c3)nc12. The summed E-state index contributed by atoms with van der Waals surface area (Å²) in [7, 11) is 6.54. The van der Waals surface area contributed by atoms with Crippen molar-refractivity contribution in [2.75, 3.05) is 21.3 Å². The van der Waals surface area contributed by atoms with Crippen LogP contribution in [0.1, 0.15) is 19.0 Å². The standard InChI is InChI=1S/C18H21ClN4O3/c1-6-7-11-14-15(23(2)22-11)17(19)21-18(20-14)10-8-12(24-3)16(26-5)13(9-10)25-4/h8-9H,6-7H2,1-5H3. The molecular weight excluding hydrogens is 356 g/mol. The second kappa shape index (κ2) is 7.37. The Bertz CT molecular complexity index is 930. The third-order valence-corrected chi connectivity index (χ3v) is 4.38. The number of hydrogen-bond acceptors (Lipinski definition) is 6. The number of fused-ring (bicyclic) bond motifs is 1. The van der Waals surface area contributed by atoms with Crippen molar-refractivity contribution >= 4 is 22.6 Å². The summed E-state index contributed by atoms with van der Waals surface area (Å²) in [6.07, 6.45) is 1.78. The van der Waals surface area contributed by atoms with Gasteiger partial charge in [0.1, 0.15) is 11.0 Å². The molecule has 0 bridgehead atoms. The molecule has 0 saturated carbocycles. The van der Waals surface area contributed by atoms with E-state index in [1.165, 1.54) is 0 Å². The molecular formula is C18H21ClN4O3. The van der Waals surface area contributed by atoms with Crippen molar-refractivity contribution in [1.82, 2.24) is 19.7 Å². The fourth-order valence-corrected chi connectivity index (χ4v) is 3.23. The largest absolute Gasteiger partial charge is 0.493 e. The van der Waals surface area contributed by atoms with Crippen LogP contribution in [0.15, 0.2) is 12.1 Å². The molecule has 0 atom stereocenters. The lowest BCUT2D eigenvalue weighted by molar-refractivity contribution is 0.324. The minimum atomic E-state index is 0.358. The van der Waals surface area contributed by atoms with Gasteiger partial charge in [0.2, 0.25) is 5.75 Å². The Morgan fingerprint density at radius 2 is 1.69 bits per heavy atom. The normalized spacial score (nSPS) is 11.0. The highest BCUT2D eigenvalue weighted by molar-refractivity contribution is 6.33. The van der Waals surface area contributed by atoms with Gasteiger partial charge >= 0.3 is 0 Å². The van der Waals surface area contributed by atoms with Crippen molar-refractivity contribution in [2.45, 2.75) is 19.8 Å². The molecule has 0 amide bonds. The summed E-state index contributed by atoms with van der Waals surface area (Å²) in [6, 6.07) is 3.60. The van der Waals surface area contributed by atoms with Crippen LogP contribution in [0.2, 0.25) is 5.15 Å². The number of halogens is 1. The molecule has 2 heterocycles. The van der Waals surface area contributed by atoms with Crippen molar-refractivity contribution < 1.29 is 14.2 Å². The molecule has 26 heavy (non-hydrogen) atoms. The quantitative estimate of drug-likeness (QED) is 0.611. The molecule has 3 rings (SSSR count). The molecule has 0 aliphatic heterocycles. The third-order valence-electron chi connectivity index (χ3n) is 4.12. The lowest BCUT2D eigenvalue weighted by Gasteiger charge is -2.13. The average Bonchev–Trinajstić information content (AvgIpc) is 2.96. The molecule has 0 spiro atoms. The van der Waals surface area contributed by atoms with Crippen molar-refractivity contribution in [1.29, 1.82) is 0 Å². The molecule has 0 saturated heterocycles. The molecule has 2 aromatic heterocycles. The number of methoxy groups -OCH3 is 3. The predicted octanol–water partition coefficient (Wildman–Crippen LogP) is 3.66. The van der Waals surface area contributed by atoms with E-state index in [-0.39, 0.29) is 0 Å². The molecule has 0 radical (unpaired) electrons. The van der Waals surface area contributed by atoms with E-state index in [2.05, 4.69) is 17.0 Å². The molecule has 0 unspecified atom stereocenters. The van der Waals surface area contributed by atoms with E-state index in [1.54, 1.807) is 38.1 Å². The Kier molecular flexibility index (Phi) is 5.18. The van der Waals surface area contributed by atoms with E-state index in [4.69, 9.17) is 30.8 Å². The maximum absolute atomic E-state index is 6.44. The van der Waals surface area contributed by atoms with Crippen LogP contribution < -0.4 is 14.2 Å². The van der Waals surface area contributed by atoms with Gasteiger partial charge in [0, 0.05) is 12.6 Å². The van der Waals surface area contributed by atoms with E-state index in [1.807, 2.05) is 7.05 Å². The van der Waals surface area contributed by atoms with E-state index in [0.717, 1.165) is 35.1 Å². The summed E-state index contributed by atoms with van der Waals surface area (Å²) in [5.74, 6) is 2.05. The summed E-state index contributed by atoms with van der Waals surface area (Å²) >= 11 is 6.44. The van der Waals surface area contributed by atoms with Crippen LogP contribution in [0.25, 0.3) is 22.4 Å². The molecule has 3 aromatic rings. The fraction of sp³-hybridized carbons (Fsp3) is 0.389. The number of nitrogens with zero attached hydrogens (tertiary/aromatic N) is 4. The van der Waals surface area contributed by atoms with E-state index >= 15 is 0 Å². The van der Waals surface area contributed by atoms with Gasteiger partial charge < -0.3 is 14.2 Å². The second-order valence-electron chi connectivity index (χ2n) is 5.77. The summed E-state index contributed by atoms with van der Waals surface area (Å²) in [5.41, 5.74) is 3.11. The number of hydrogen-bond donors (Lipinski definition) is 0. The van der Waals surface area contributed by atoms with Gasteiger partial charge in [-0.2, -0.15) is 5.10 Å². The molecule has 138 valence electrons. The molecule has 1 aromatic carbocycles.